The van der Waals surface area contributed by atoms with Gasteiger partial charge in [0.05, 0.1) is 0 Å². The summed E-state index contributed by atoms with van der Waals surface area (Å²) in [5.41, 5.74) is 9.23. The lowest BCUT2D eigenvalue weighted by molar-refractivity contribution is -0.504. The van der Waals surface area contributed by atoms with Crippen molar-refractivity contribution in [3.05, 3.63) is 21.8 Å². The van der Waals surface area contributed by atoms with Crippen molar-refractivity contribution in [1.29, 1.82) is 0 Å². The van der Waals surface area contributed by atoms with Crippen molar-refractivity contribution in [2.75, 3.05) is 6.54 Å². The predicted molar refractivity (Wildman–Crippen MR) is 77.1 cm³/mol. The van der Waals surface area contributed by atoms with Gasteiger partial charge in [-0.3, -0.25) is 15.5 Å². The summed E-state index contributed by atoms with van der Waals surface area (Å²) in [6, 6.07) is 0. The van der Waals surface area contributed by atoms with Gasteiger partial charge < -0.3 is 0 Å². The maximum absolute atomic E-state index is 10.5. The Balaban J connectivity index is 0.000000205. The van der Waals surface area contributed by atoms with Gasteiger partial charge in [-0.2, -0.15) is 0 Å². The van der Waals surface area contributed by atoms with Gasteiger partial charge >= 0.3 is 0 Å². The largest absolute Gasteiger partial charge is 0.289 e. The minimum atomic E-state index is -0.159. The summed E-state index contributed by atoms with van der Waals surface area (Å²) in [6.07, 6.45) is 5.65. The molecule has 3 aliphatic rings. The second kappa shape index (κ2) is 5.78. The van der Waals surface area contributed by atoms with Crippen LogP contribution in [-0.2, 0) is 0 Å². The highest BCUT2D eigenvalue weighted by molar-refractivity contribution is 5.79. The van der Waals surface area contributed by atoms with Crippen LogP contribution in [0.25, 0.3) is 0 Å². The summed E-state index contributed by atoms with van der Waals surface area (Å²) in [5, 5.41) is 14.2. The molecule has 1 fully saturated rings. The molecule has 3 rings (SSSR count). The molecule has 0 saturated heterocycles. The van der Waals surface area contributed by atoms with Crippen LogP contribution in [0.4, 0.5) is 0 Å². The molecule has 1 aliphatic heterocycles. The van der Waals surface area contributed by atoms with Gasteiger partial charge in [0.25, 0.3) is 0 Å². The van der Waals surface area contributed by atoms with Crippen molar-refractivity contribution in [3.8, 4) is 0 Å². The Labute approximate surface area is 119 Å². The number of hydrogen-bond acceptors (Lipinski definition) is 6. The first-order valence-electron chi connectivity index (χ1n) is 7.06. The van der Waals surface area contributed by atoms with Crippen LogP contribution >= 0.6 is 0 Å². The number of hydrogen-bond donors (Lipinski definition) is 3. The number of amidine groups is 1. The van der Waals surface area contributed by atoms with Crippen molar-refractivity contribution in [2.24, 2.45) is 22.4 Å². The van der Waals surface area contributed by atoms with E-state index in [0.29, 0.717) is 5.92 Å². The van der Waals surface area contributed by atoms with Crippen LogP contribution in [0, 0.1) is 27.4 Å². The number of allylic oxidation sites excluding steroid dienone is 2. The molecule has 1 heterocycles. The maximum Gasteiger partial charge on any atom is 0.209 e. The van der Waals surface area contributed by atoms with Crippen molar-refractivity contribution in [1.82, 2.24) is 16.5 Å². The van der Waals surface area contributed by atoms with E-state index in [9.17, 15) is 10.1 Å². The molecule has 0 aromatic carbocycles. The molecule has 1 saturated carbocycles. The lowest BCUT2D eigenvalue weighted by atomic mass is 9.56. The molecule has 0 radical (unpaired) electrons. The second-order valence-electron chi connectivity index (χ2n) is 6.08. The molecule has 0 spiro atoms. The first-order valence-corrected chi connectivity index (χ1v) is 7.06. The van der Waals surface area contributed by atoms with Gasteiger partial charge in [-0.1, -0.05) is 25.5 Å². The molecule has 2 aliphatic carbocycles. The molecule has 0 aromatic rings. The zero-order chi connectivity index (χ0) is 14.8. The monoisotopic (exact) mass is 281 g/mol. The van der Waals surface area contributed by atoms with Gasteiger partial charge in [-0.15, -0.1) is 10.6 Å². The Morgan fingerprint density at radius 2 is 2.35 bits per heavy atom. The van der Waals surface area contributed by atoms with Gasteiger partial charge in [-0.05, 0) is 38.0 Å². The Morgan fingerprint density at radius 1 is 1.60 bits per heavy atom. The fourth-order valence-corrected chi connectivity index (χ4v) is 3.45. The second-order valence-corrected chi connectivity index (χ2v) is 6.08. The van der Waals surface area contributed by atoms with Gasteiger partial charge in [-0.25, -0.2) is 5.53 Å². The first kappa shape index (κ1) is 14.8. The number of nitrogens with zero attached hydrogens (tertiary/aromatic N) is 2. The summed E-state index contributed by atoms with van der Waals surface area (Å²) in [6.45, 7) is 6.22. The smallest absolute Gasteiger partial charge is 0.209 e. The van der Waals surface area contributed by atoms with E-state index in [-0.39, 0.29) is 16.9 Å². The number of nitro groups is 1. The molecule has 0 unspecified atom stereocenters. The van der Waals surface area contributed by atoms with Crippen molar-refractivity contribution >= 4 is 5.84 Å². The topological polar surface area (TPSA) is 91.6 Å². The van der Waals surface area contributed by atoms with E-state index in [1.54, 1.807) is 0 Å². The molecule has 112 valence electrons. The summed E-state index contributed by atoms with van der Waals surface area (Å²) in [4.78, 5) is 10.4. The van der Waals surface area contributed by atoms with Crippen LogP contribution in [0.5, 0.6) is 0 Å². The summed E-state index contributed by atoms with van der Waals surface area (Å²) >= 11 is 0. The number of hydrazine groups is 2. The maximum atomic E-state index is 10.5. The van der Waals surface area contributed by atoms with Crippen LogP contribution in [0.3, 0.4) is 0 Å². The Morgan fingerprint density at radius 3 is 2.80 bits per heavy atom. The minimum Gasteiger partial charge on any atom is -0.289 e. The fourth-order valence-electron chi connectivity index (χ4n) is 3.45. The fraction of sp³-hybridized carbons (Fsp3) is 0.769. The van der Waals surface area contributed by atoms with E-state index in [0.717, 1.165) is 24.6 Å². The molecule has 7 nitrogen and oxygen atoms in total. The highest BCUT2D eigenvalue weighted by Gasteiger charge is 2.54. The average molecular weight is 281 g/mol. The van der Waals surface area contributed by atoms with Crippen LogP contribution in [0.1, 0.15) is 40.0 Å². The Hall–Kier alpha value is -1.63. The molecule has 0 amide bonds. The number of nitrogens with one attached hydrogen (secondary N) is 3. The van der Waals surface area contributed by atoms with Crippen LogP contribution in [0.15, 0.2) is 16.8 Å². The normalized spacial score (nSPS) is 33.5. The molecule has 20 heavy (non-hydrogen) atoms. The number of rotatable bonds is 3. The predicted octanol–water partition coefficient (Wildman–Crippen LogP) is 1.58. The number of hydrazone groups is 1. The van der Waals surface area contributed by atoms with E-state index in [2.05, 4.69) is 41.5 Å². The third-order valence-electron chi connectivity index (χ3n) is 4.45. The first-order chi connectivity index (χ1) is 9.44. The zero-order valence-corrected chi connectivity index (χ0v) is 12.3. The molecule has 3 N–H and O–H groups in total. The van der Waals surface area contributed by atoms with Gasteiger partial charge in [0.2, 0.25) is 6.54 Å². The average Bonchev–Trinajstić information content (AvgIpc) is 2.96. The molecular formula is C13H23N5O2. The highest BCUT2D eigenvalue weighted by atomic mass is 16.6. The summed E-state index contributed by atoms with van der Waals surface area (Å²) in [5.74, 6) is 2.06. The zero-order valence-electron chi connectivity index (χ0n) is 12.3. The third-order valence-corrected chi connectivity index (χ3v) is 4.45. The third kappa shape index (κ3) is 3.09. The molecule has 3 atom stereocenters. The lowest BCUT2D eigenvalue weighted by Crippen LogP contribution is -2.47. The van der Waals surface area contributed by atoms with Crippen molar-refractivity contribution in [2.45, 2.75) is 40.0 Å². The summed E-state index contributed by atoms with van der Waals surface area (Å²) < 4.78 is 0. The number of fused-ring (bicyclic) bond motifs is 1. The van der Waals surface area contributed by atoms with Gasteiger partial charge in [0.15, 0.2) is 0 Å². The summed E-state index contributed by atoms with van der Waals surface area (Å²) in [7, 11) is 0. The van der Waals surface area contributed by atoms with Gasteiger partial charge in [0.1, 0.15) is 5.84 Å². The highest BCUT2D eigenvalue weighted by Crippen LogP contribution is 2.58. The Kier molecular flexibility index (Phi) is 4.27. The van der Waals surface area contributed by atoms with Gasteiger partial charge in [0, 0.05) is 10.3 Å². The molecule has 0 aromatic heterocycles. The van der Waals surface area contributed by atoms with Crippen molar-refractivity contribution in [3.63, 3.8) is 0 Å². The van der Waals surface area contributed by atoms with Crippen LogP contribution in [-0.4, -0.2) is 17.3 Å². The lowest BCUT2D eigenvalue weighted by Gasteiger charge is -2.47. The quantitative estimate of drug-likeness (QED) is 0.415. The van der Waals surface area contributed by atoms with Crippen LogP contribution < -0.4 is 16.5 Å². The molecule has 7 heteroatoms. The van der Waals surface area contributed by atoms with E-state index >= 15 is 0 Å². The van der Waals surface area contributed by atoms with E-state index in [4.69, 9.17) is 0 Å². The molecule has 0 bridgehead atoms. The standard InChI is InChI=1S/C11H17NO2.C2H6N4/c1-3-8-4-9-6-11(2,7-12(13)14)10(9)5-8;1-2-3-5-6-4-2/h5,9-10H,3-4,6-7H2,1-2H3;5-6H,1H3,(H,3,4)/t9-,10-,11+;/m1./s1. The Bertz CT molecular complexity index is 448. The van der Waals surface area contributed by atoms with Crippen LogP contribution in [0.2, 0.25) is 0 Å². The van der Waals surface area contributed by atoms with Crippen molar-refractivity contribution < 1.29 is 4.92 Å². The SMILES string of the molecule is CC1=NNNN1.CCC1=C[C@@H]2[C@H](C1)C[C@@]2(C)C[N+](=O)[O-]. The van der Waals surface area contributed by atoms with E-state index < -0.39 is 0 Å². The minimum absolute atomic E-state index is 0.0505. The van der Waals surface area contributed by atoms with E-state index in [1.165, 1.54) is 12.0 Å². The molecular weight excluding hydrogens is 258 g/mol. The van der Waals surface area contributed by atoms with E-state index in [1.807, 2.05) is 6.92 Å².